The summed E-state index contributed by atoms with van der Waals surface area (Å²) in [4.78, 5) is 12.3. The van der Waals surface area contributed by atoms with Crippen LogP contribution in [-0.4, -0.2) is 34.9 Å². The second kappa shape index (κ2) is 42.9. The standard InChI is InChI=1S/C49H77NO3/c1-3-5-7-9-11-13-15-17-18-19-20-21-22-23-24-25-26-27-28-29-30-31-32-33-35-37-39-41-43-45-49(53)50-47(46-51)48(52)44-42-40-38-36-34-16-14-12-10-8-6-4-2/h5,7,10-13,17-18,20-21,23-24,26-27,29-30,32-34,36,42,44,47-48,51-52H,3-4,6,8-9,14-16,19,22,25,28,31,35,37-41,43,45-46H2,1-2H3,(H,50,53)/b7-5-,12-10+,13-11-,18-17-,21-20-,24-23-,27-26-,30-29-,33-32-,36-34+,44-42+. The normalized spacial score (nSPS) is 14.4. The van der Waals surface area contributed by atoms with Gasteiger partial charge in [0.2, 0.25) is 5.91 Å². The topological polar surface area (TPSA) is 69.6 Å². The van der Waals surface area contributed by atoms with E-state index >= 15 is 0 Å². The van der Waals surface area contributed by atoms with Gasteiger partial charge in [-0.25, -0.2) is 0 Å². The molecule has 0 heterocycles. The lowest BCUT2D eigenvalue weighted by molar-refractivity contribution is -0.123. The summed E-state index contributed by atoms with van der Waals surface area (Å²) in [5.41, 5.74) is 0. The number of hydrogen-bond donors (Lipinski definition) is 3. The van der Waals surface area contributed by atoms with Crippen LogP contribution in [-0.2, 0) is 4.79 Å². The smallest absolute Gasteiger partial charge is 0.220 e. The van der Waals surface area contributed by atoms with Crippen LogP contribution < -0.4 is 5.32 Å². The highest BCUT2D eigenvalue weighted by molar-refractivity contribution is 5.76. The molecule has 0 aliphatic heterocycles. The first-order chi connectivity index (χ1) is 26.2. The van der Waals surface area contributed by atoms with E-state index in [1.165, 1.54) is 19.3 Å². The summed E-state index contributed by atoms with van der Waals surface area (Å²) in [6.07, 6.45) is 68.3. The zero-order chi connectivity index (χ0) is 38.6. The lowest BCUT2D eigenvalue weighted by Gasteiger charge is -2.19. The molecular formula is C49H77NO3. The van der Waals surface area contributed by atoms with Crippen molar-refractivity contribution in [2.75, 3.05) is 6.61 Å². The molecule has 0 rings (SSSR count). The van der Waals surface area contributed by atoms with Crippen molar-refractivity contribution in [3.05, 3.63) is 134 Å². The zero-order valence-electron chi connectivity index (χ0n) is 33.7. The Balaban J connectivity index is 3.78. The second-order valence-electron chi connectivity index (χ2n) is 13.3. The molecule has 0 fully saturated rings. The van der Waals surface area contributed by atoms with Gasteiger partial charge in [0.1, 0.15) is 0 Å². The van der Waals surface area contributed by atoms with Gasteiger partial charge in [0, 0.05) is 6.42 Å². The van der Waals surface area contributed by atoms with Crippen LogP contribution in [0.25, 0.3) is 0 Å². The van der Waals surface area contributed by atoms with Gasteiger partial charge in [0.15, 0.2) is 0 Å². The van der Waals surface area contributed by atoms with Crippen LogP contribution in [0, 0.1) is 0 Å². The highest BCUT2D eigenvalue weighted by Gasteiger charge is 2.17. The van der Waals surface area contributed by atoms with Gasteiger partial charge in [-0.1, -0.05) is 173 Å². The number of amides is 1. The van der Waals surface area contributed by atoms with Crippen molar-refractivity contribution in [3.8, 4) is 0 Å². The lowest BCUT2D eigenvalue weighted by atomic mass is 10.1. The van der Waals surface area contributed by atoms with Gasteiger partial charge in [0.05, 0.1) is 18.8 Å². The molecule has 53 heavy (non-hydrogen) atoms. The molecule has 296 valence electrons. The Kier molecular flexibility index (Phi) is 40.1. The van der Waals surface area contributed by atoms with Crippen molar-refractivity contribution in [1.29, 1.82) is 0 Å². The van der Waals surface area contributed by atoms with Crippen LogP contribution in [0.15, 0.2) is 134 Å². The van der Waals surface area contributed by atoms with Crippen molar-refractivity contribution < 1.29 is 15.0 Å². The number of nitrogens with one attached hydrogen (secondary N) is 1. The maximum Gasteiger partial charge on any atom is 0.220 e. The van der Waals surface area contributed by atoms with Crippen LogP contribution in [0.4, 0.5) is 0 Å². The van der Waals surface area contributed by atoms with Gasteiger partial charge in [-0.3, -0.25) is 4.79 Å². The molecule has 4 nitrogen and oxygen atoms in total. The molecule has 0 aromatic heterocycles. The molecule has 0 saturated heterocycles. The van der Waals surface area contributed by atoms with E-state index in [9.17, 15) is 15.0 Å². The van der Waals surface area contributed by atoms with Crippen LogP contribution >= 0.6 is 0 Å². The van der Waals surface area contributed by atoms with Gasteiger partial charge in [0.25, 0.3) is 0 Å². The number of rotatable bonds is 35. The third-order valence-electron chi connectivity index (χ3n) is 8.35. The van der Waals surface area contributed by atoms with Crippen LogP contribution in [0.3, 0.4) is 0 Å². The van der Waals surface area contributed by atoms with Crippen LogP contribution in [0.1, 0.15) is 149 Å². The third-order valence-corrected chi connectivity index (χ3v) is 8.35. The molecular weight excluding hydrogens is 651 g/mol. The third kappa shape index (κ3) is 39.6. The molecule has 0 spiro atoms. The minimum absolute atomic E-state index is 0.112. The number of hydrogen-bond acceptors (Lipinski definition) is 3. The zero-order valence-corrected chi connectivity index (χ0v) is 33.7. The van der Waals surface area contributed by atoms with E-state index < -0.39 is 12.1 Å². The molecule has 3 N–H and O–H groups in total. The quantitative estimate of drug-likeness (QED) is 0.0450. The summed E-state index contributed by atoms with van der Waals surface area (Å²) in [7, 11) is 0. The number of carbonyl (C=O) groups excluding carboxylic acids is 1. The summed E-state index contributed by atoms with van der Waals surface area (Å²) < 4.78 is 0. The van der Waals surface area contributed by atoms with Crippen molar-refractivity contribution in [1.82, 2.24) is 5.32 Å². The van der Waals surface area contributed by atoms with E-state index in [4.69, 9.17) is 0 Å². The minimum atomic E-state index is -0.889. The molecule has 0 aromatic carbocycles. The van der Waals surface area contributed by atoms with E-state index in [0.717, 1.165) is 109 Å². The molecule has 0 aromatic rings. The predicted octanol–water partition coefficient (Wildman–Crippen LogP) is 13.2. The molecule has 0 aliphatic carbocycles. The van der Waals surface area contributed by atoms with Crippen molar-refractivity contribution in [2.24, 2.45) is 0 Å². The molecule has 4 heteroatoms. The molecule has 1 amide bonds. The Morgan fingerprint density at radius 2 is 0.849 bits per heavy atom. The molecule has 0 bridgehead atoms. The Bertz CT molecular complexity index is 1140. The van der Waals surface area contributed by atoms with Crippen molar-refractivity contribution in [2.45, 2.75) is 161 Å². The van der Waals surface area contributed by atoms with E-state index in [1.54, 1.807) is 6.08 Å². The fourth-order valence-corrected chi connectivity index (χ4v) is 5.15. The second-order valence-corrected chi connectivity index (χ2v) is 13.3. The Labute approximate surface area is 326 Å². The lowest BCUT2D eigenvalue weighted by Crippen LogP contribution is -2.45. The summed E-state index contributed by atoms with van der Waals surface area (Å²) in [5.74, 6) is -0.112. The van der Waals surface area contributed by atoms with E-state index in [0.29, 0.717) is 6.42 Å². The predicted molar refractivity (Wildman–Crippen MR) is 234 cm³/mol. The molecule has 2 atom stereocenters. The Morgan fingerprint density at radius 1 is 0.472 bits per heavy atom. The summed E-state index contributed by atoms with van der Waals surface area (Å²) >= 11 is 0. The monoisotopic (exact) mass is 728 g/mol. The molecule has 2 unspecified atom stereocenters. The number of aliphatic hydroxyl groups excluding tert-OH is 2. The van der Waals surface area contributed by atoms with Gasteiger partial charge in [-0.2, -0.15) is 0 Å². The highest BCUT2D eigenvalue weighted by atomic mass is 16.3. The largest absolute Gasteiger partial charge is 0.394 e. The Hall–Kier alpha value is -3.47. The first-order valence-corrected chi connectivity index (χ1v) is 20.9. The SMILES string of the molecule is CC/C=C\C/C=C\C/C=C\C/C=C\C/C=C\C/C=C\C/C=C\C/C=C\CCCCCCC(=O)NC(CO)C(O)/C=C/CC/C=C/CC/C=C/CCCC. The van der Waals surface area contributed by atoms with Gasteiger partial charge in [-0.05, 0) is 103 Å². The first-order valence-electron chi connectivity index (χ1n) is 20.9. The average Bonchev–Trinajstić information content (AvgIpc) is 3.16. The number of carbonyl (C=O) groups is 1. The van der Waals surface area contributed by atoms with Gasteiger partial charge in [-0.15, -0.1) is 0 Å². The maximum atomic E-state index is 12.3. The van der Waals surface area contributed by atoms with Crippen molar-refractivity contribution in [3.63, 3.8) is 0 Å². The molecule has 0 radical (unpaired) electrons. The minimum Gasteiger partial charge on any atom is -0.394 e. The fourth-order valence-electron chi connectivity index (χ4n) is 5.15. The maximum absolute atomic E-state index is 12.3. The molecule has 0 saturated carbocycles. The van der Waals surface area contributed by atoms with Gasteiger partial charge >= 0.3 is 0 Å². The van der Waals surface area contributed by atoms with E-state index in [1.807, 2.05) is 6.08 Å². The van der Waals surface area contributed by atoms with Crippen molar-refractivity contribution >= 4 is 5.91 Å². The van der Waals surface area contributed by atoms with E-state index in [2.05, 4.69) is 141 Å². The highest BCUT2D eigenvalue weighted by Crippen LogP contribution is 2.08. The average molecular weight is 728 g/mol. The fraction of sp³-hybridized carbons (Fsp3) is 0.531. The Morgan fingerprint density at radius 3 is 1.30 bits per heavy atom. The summed E-state index contributed by atoms with van der Waals surface area (Å²) in [5, 5.41) is 22.9. The summed E-state index contributed by atoms with van der Waals surface area (Å²) in [6.45, 7) is 4.09. The van der Waals surface area contributed by atoms with E-state index in [-0.39, 0.29) is 12.5 Å². The number of allylic oxidation sites excluding steroid dienone is 21. The van der Waals surface area contributed by atoms with Crippen LogP contribution in [0.5, 0.6) is 0 Å². The number of aliphatic hydroxyl groups is 2. The van der Waals surface area contributed by atoms with Gasteiger partial charge < -0.3 is 15.5 Å². The number of unbranched alkanes of at least 4 members (excludes halogenated alkanes) is 8. The van der Waals surface area contributed by atoms with Crippen LogP contribution in [0.2, 0.25) is 0 Å². The first kappa shape index (κ1) is 49.5. The summed E-state index contributed by atoms with van der Waals surface area (Å²) in [6, 6.07) is -0.668. The molecule has 0 aliphatic rings.